The van der Waals surface area contributed by atoms with E-state index in [2.05, 4.69) is 15.2 Å². The van der Waals surface area contributed by atoms with E-state index in [1.165, 1.54) is 12.8 Å². The van der Waals surface area contributed by atoms with Gasteiger partial charge in [-0.3, -0.25) is 4.79 Å². The number of anilines is 1. The van der Waals surface area contributed by atoms with Gasteiger partial charge in [0.15, 0.2) is 5.58 Å². The summed E-state index contributed by atoms with van der Waals surface area (Å²) in [5, 5.41) is 3.90. The van der Waals surface area contributed by atoms with Crippen molar-refractivity contribution in [3.8, 4) is 0 Å². The van der Waals surface area contributed by atoms with E-state index < -0.39 is 0 Å². The molecular formula is C26H30ClN3O3. The van der Waals surface area contributed by atoms with Gasteiger partial charge in [0.25, 0.3) is 11.9 Å². The molecule has 33 heavy (non-hydrogen) atoms. The second-order valence-electron chi connectivity index (χ2n) is 9.16. The molecule has 1 saturated heterocycles. The summed E-state index contributed by atoms with van der Waals surface area (Å²) in [7, 11) is 0. The predicted octanol–water partition coefficient (Wildman–Crippen LogP) is 5.90. The minimum atomic E-state index is 0.0887. The number of benzene rings is 2. The highest BCUT2D eigenvalue weighted by Gasteiger charge is 2.30. The first-order valence-electron chi connectivity index (χ1n) is 11.9. The lowest BCUT2D eigenvalue weighted by Gasteiger charge is -2.34. The molecule has 2 fully saturated rings. The van der Waals surface area contributed by atoms with Gasteiger partial charge in [-0.05, 0) is 67.5 Å². The number of oxazole rings is 1. The number of hydrogen-bond donors (Lipinski definition) is 1. The summed E-state index contributed by atoms with van der Waals surface area (Å²) < 4.78 is 11.5. The van der Waals surface area contributed by atoms with E-state index in [1.54, 1.807) is 0 Å². The fourth-order valence-corrected chi connectivity index (χ4v) is 5.18. The first-order chi connectivity index (χ1) is 16.2. The number of fused-ring (bicyclic) bond motifs is 1. The fourth-order valence-electron chi connectivity index (χ4n) is 4.97. The molecule has 3 aromatic rings. The average Bonchev–Trinajstić information content (AvgIpc) is 3.51. The number of carbonyl (C=O) groups excluding carboxylic acids is 1. The molecule has 1 aliphatic carbocycles. The van der Waals surface area contributed by atoms with E-state index >= 15 is 0 Å². The smallest absolute Gasteiger partial charge is 0.295 e. The molecule has 6 nitrogen and oxygen atoms in total. The molecule has 2 aromatic carbocycles. The molecule has 1 unspecified atom stereocenters. The molecule has 2 aliphatic rings. The molecule has 0 spiro atoms. The summed E-state index contributed by atoms with van der Waals surface area (Å²) in [6.45, 7) is 2.91. The van der Waals surface area contributed by atoms with Crippen molar-refractivity contribution < 1.29 is 13.9 Å². The number of aromatic nitrogens is 1. The van der Waals surface area contributed by atoms with Crippen LogP contribution in [0.3, 0.4) is 0 Å². The zero-order chi connectivity index (χ0) is 22.6. The Morgan fingerprint density at radius 2 is 2.00 bits per heavy atom. The van der Waals surface area contributed by atoms with Crippen LogP contribution in [0.15, 0.2) is 46.9 Å². The molecule has 1 amide bonds. The summed E-state index contributed by atoms with van der Waals surface area (Å²) in [4.78, 5) is 20.3. The Hall–Kier alpha value is -2.57. The van der Waals surface area contributed by atoms with Crippen molar-refractivity contribution in [2.45, 2.75) is 51.1 Å². The van der Waals surface area contributed by atoms with Crippen LogP contribution in [-0.2, 0) is 11.3 Å². The van der Waals surface area contributed by atoms with Crippen LogP contribution in [0.25, 0.3) is 11.1 Å². The number of halogens is 1. The lowest BCUT2D eigenvalue weighted by atomic mass is 9.99. The van der Waals surface area contributed by atoms with Crippen molar-refractivity contribution in [1.82, 2.24) is 9.88 Å². The van der Waals surface area contributed by atoms with Gasteiger partial charge in [0, 0.05) is 36.3 Å². The van der Waals surface area contributed by atoms with E-state index in [1.807, 2.05) is 42.5 Å². The Kier molecular flexibility index (Phi) is 6.83. The maximum Gasteiger partial charge on any atom is 0.295 e. The van der Waals surface area contributed by atoms with Crippen molar-refractivity contribution in [3.05, 3.63) is 58.6 Å². The van der Waals surface area contributed by atoms with Crippen molar-refractivity contribution >= 4 is 34.6 Å². The molecule has 1 aromatic heterocycles. The second kappa shape index (κ2) is 10.1. The van der Waals surface area contributed by atoms with Gasteiger partial charge < -0.3 is 19.4 Å². The number of carbonyl (C=O) groups is 1. The highest BCUT2D eigenvalue weighted by molar-refractivity contribution is 6.30. The Labute approximate surface area is 199 Å². The van der Waals surface area contributed by atoms with E-state index in [0.29, 0.717) is 46.2 Å². The summed E-state index contributed by atoms with van der Waals surface area (Å²) in [5.41, 5.74) is 3.05. The van der Waals surface area contributed by atoms with Crippen molar-refractivity contribution in [1.29, 1.82) is 0 Å². The lowest BCUT2D eigenvalue weighted by Crippen LogP contribution is -2.43. The van der Waals surface area contributed by atoms with Crippen molar-refractivity contribution in [2.75, 3.05) is 25.1 Å². The maximum absolute atomic E-state index is 13.6. The molecule has 1 aliphatic heterocycles. The summed E-state index contributed by atoms with van der Waals surface area (Å²) in [5.74, 6) is 0.507. The van der Waals surface area contributed by atoms with Gasteiger partial charge in [-0.15, -0.1) is 0 Å². The average molecular weight is 468 g/mol. The van der Waals surface area contributed by atoms with Crippen LogP contribution in [0.4, 0.5) is 6.01 Å². The first kappa shape index (κ1) is 22.2. The number of hydrogen-bond acceptors (Lipinski definition) is 5. The number of nitrogens with zero attached hydrogens (tertiary/aromatic N) is 2. The number of ether oxygens (including phenoxy) is 1. The topological polar surface area (TPSA) is 67.6 Å². The van der Waals surface area contributed by atoms with Crippen LogP contribution in [-0.4, -0.2) is 41.6 Å². The van der Waals surface area contributed by atoms with Crippen LogP contribution in [0.1, 0.15) is 54.4 Å². The van der Waals surface area contributed by atoms with Gasteiger partial charge >= 0.3 is 0 Å². The molecule has 1 saturated carbocycles. The molecular weight excluding hydrogens is 438 g/mol. The van der Waals surface area contributed by atoms with Gasteiger partial charge in [0.2, 0.25) is 0 Å². The monoisotopic (exact) mass is 467 g/mol. The first-order valence-corrected chi connectivity index (χ1v) is 12.3. The van der Waals surface area contributed by atoms with Crippen molar-refractivity contribution in [2.24, 2.45) is 5.92 Å². The minimum Gasteiger partial charge on any atom is -0.424 e. The van der Waals surface area contributed by atoms with E-state index in [-0.39, 0.29) is 5.91 Å². The quantitative estimate of drug-likeness (QED) is 0.468. The van der Waals surface area contributed by atoms with E-state index in [4.69, 9.17) is 20.8 Å². The summed E-state index contributed by atoms with van der Waals surface area (Å²) >= 11 is 6.06. The minimum absolute atomic E-state index is 0.0887. The lowest BCUT2D eigenvalue weighted by molar-refractivity contribution is 0.0283. The number of nitrogens with one attached hydrogen (secondary N) is 1. The molecule has 2 heterocycles. The number of rotatable bonds is 7. The third-order valence-corrected chi connectivity index (χ3v) is 6.94. The summed E-state index contributed by atoms with van der Waals surface area (Å²) in [6.07, 6.45) is 6.76. The maximum atomic E-state index is 13.6. The molecule has 1 atom stereocenters. The Morgan fingerprint density at radius 1 is 1.12 bits per heavy atom. The third-order valence-electron chi connectivity index (χ3n) is 6.70. The van der Waals surface area contributed by atoms with Crippen LogP contribution in [0.5, 0.6) is 0 Å². The molecule has 1 N–H and O–H groups in total. The van der Waals surface area contributed by atoms with Gasteiger partial charge in [0.05, 0.1) is 6.61 Å². The molecule has 7 heteroatoms. The summed E-state index contributed by atoms with van der Waals surface area (Å²) in [6, 6.07) is 14.0. The van der Waals surface area contributed by atoms with Crippen LogP contribution in [0.2, 0.25) is 5.02 Å². The van der Waals surface area contributed by atoms with Crippen LogP contribution < -0.4 is 5.32 Å². The Morgan fingerprint density at radius 3 is 2.79 bits per heavy atom. The van der Waals surface area contributed by atoms with Crippen molar-refractivity contribution in [3.63, 3.8) is 0 Å². The molecule has 0 bridgehead atoms. The SMILES string of the molecule is O=C(c1ccc2oc(NCc3cccc(Cl)c3)nc2c1)N(CC1CCCOC1)C1CCCC1. The van der Waals surface area contributed by atoms with Gasteiger partial charge in [-0.1, -0.05) is 36.6 Å². The highest BCUT2D eigenvalue weighted by atomic mass is 35.5. The normalized spacial score (nSPS) is 19.1. The van der Waals surface area contributed by atoms with E-state index in [0.717, 1.165) is 51.0 Å². The molecule has 174 valence electrons. The molecule has 5 rings (SSSR count). The fraction of sp³-hybridized carbons (Fsp3) is 0.462. The van der Waals surface area contributed by atoms with Gasteiger partial charge in [-0.25, -0.2) is 0 Å². The van der Waals surface area contributed by atoms with Crippen LogP contribution >= 0.6 is 11.6 Å². The third kappa shape index (κ3) is 5.33. The Bertz CT molecular complexity index is 1100. The second-order valence-corrected chi connectivity index (χ2v) is 9.60. The largest absolute Gasteiger partial charge is 0.424 e. The standard InChI is InChI=1S/C26H30ClN3O3/c27-21-7-3-5-18(13-21)15-28-26-29-23-14-20(10-11-24(23)33-26)25(31)30(22-8-1-2-9-22)16-19-6-4-12-32-17-19/h3,5,7,10-11,13-14,19,22H,1-2,4,6,8-9,12,15-17H2,(H,28,29). The molecule has 0 radical (unpaired) electrons. The predicted molar refractivity (Wildman–Crippen MR) is 130 cm³/mol. The number of amides is 1. The zero-order valence-corrected chi connectivity index (χ0v) is 19.5. The van der Waals surface area contributed by atoms with Gasteiger partial charge in [0.1, 0.15) is 5.52 Å². The van der Waals surface area contributed by atoms with Gasteiger partial charge in [-0.2, -0.15) is 4.98 Å². The Balaban J connectivity index is 1.32. The highest BCUT2D eigenvalue weighted by Crippen LogP contribution is 2.29. The van der Waals surface area contributed by atoms with E-state index in [9.17, 15) is 4.79 Å². The van der Waals surface area contributed by atoms with Crippen LogP contribution in [0, 0.1) is 5.92 Å². The zero-order valence-electron chi connectivity index (χ0n) is 18.8.